The average molecular weight is 407 g/mol. The summed E-state index contributed by atoms with van der Waals surface area (Å²) < 4.78 is 17.2. The van der Waals surface area contributed by atoms with Crippen LogP contribution in [0, 0.1) is 5.41 Å². The molecule has 0 unspecified atom stereocenters. The van der Waals surface area contributed by atoms with Crippen LogP contribution in [0.3, 0.4) is 0 Å². The van der Waals surface area contributed by atoms with Gasteiger partial charge in [-0.05, 0) is 80.2 Å². The summed E-state index contributed by atoms with van der Waals surface area (Å²) in [6, 6.07) is 18.3. The molecule has 3 aliphatic rings. The molecule has 0 atom stereocenters. The minimum absolute atomic E-state index is 0.178. The Morgan fingerprint density at radius 3 is 2.50 bits per heavy atom. The van der Waals surface area contributed by atoms with E-state index in [9.17, 15) is 4.79 Å². The average Bonchev–Trinajstić information content (AvgIpc) is 2.81. The lowest BCUT2D eigenvalue weighted by Gasteiger charge is -2.53. The molecule has 2 saturated heterocycles. The molecule has 3 fully saturated rings. The molecule has 158 valence electrons. The maximum atomic E-state index is 11.2. The summed E-state index contributed by atoms with van der Waals surface area (Å²) in [5.74, 6) is 1.42. The molecule has 2 aliphatic heterocycles. The predicted octanol–water partition coefficient (Wildman–Crippen LogP) is 6.16. The largest absolute Gasteiger partial charge is 0.466 e. The Bertz CT molecular complexity index is 862. The number of benzene rings is 2. The highest BCUT2D eigenvalue weighted by Crippen LogP contribution is 2.55. The number of methoxy groups -OCH3 is 1. The molecular formula is C26H30O4. The third-order valence-corrected chi connectivity index (χ3v) is 6.65. The van der Waals surface area contributed by atoms with E-state index in [1.54, 1.807) is 0 Å². The highest BCUT2D eigenvalue weighted by atomic mass is 16.5. The van der Waals surface area contributed by atoms with E-state index in [0.717, 1.165) is 50.2 Å². The van der Waals surface area contributed by atoms with Gasteiger partial charge in [0.25, 0.3) is 0 Å². The summed E-state index contributed by atoms with van der Waals surface area (Å²) in [7, 11) is 1.41. The Morgan fingerprint density at radius 2 is 1.80 bits per heavy atom. The molecule has 2 aromatic carbocycles. The van der Waals surface area contributed by atoms with Gasteiger partial charge in [-0.15, -0.1) is 0 Å². The van der Waals surface area contributed by atoms with Crippen molar-refractivity contribution in [1.29, 1.82) is 0 Å². The molecule has 0 aromatic heterocycles. The van der Waals surface area contributed by atoms with Gasteiger partial charge in [0.2, 0.25) is 0 Å². The van der Waals surface area contributed by atoms with Crippen molar-refractivity contribution in [3.05, 3.63) is 72.3 Å². The topological polar surface area (TPSA) is 44.8 Å². The Balaban J connectivity index is 1.35. The Hall–Kier alpha value is -2.59. The van der Waals surface area contributed by atoms with E-state index in [1.807, 2.05) is 42.5 Å². The molecule has 0 radical (unpaired) electrons. The predicted molar refractivity (Wildman–Crippen MR) is 116 cm³/mol. The van der Waals surface area contributed by atoms with E-state index in [1.165, 1.54) is 31.6 Å². The smallest absolute Gasteiger partial charge is 0.330 e. The van der Waals surface area contributed by atoms with Gasteiger partial charge in [-0.1, -0.05) is 36.4 Å². The standard InChI is InChI=1S/C26H30O4/c1-28-24(27)13-6-3-7-14-25-15-17-26(18-16-25,29-20-25)21-9-8-12-23(19-21)30-22-10-4-2-5-11-22/h2,4-6,8-13,19H,3,7,14-18,20H2,1H3. The van der Waals surface area contributed by atoms with Crippen LogP contribution in [-0.2, 0) is 19.9 Å². The first kappa shape index (κ1) is 20.7. The van der Waals surface area contributed by atoms with E-state index in [0.29, 0.717) is 5.41 Å². The monoisotopic (exact) mass is 406 g/mol. The molecular weight excluding hydrogens is 376 g/mol. The van der Waals surface area contributed by atoms with Gasteiger partial charge in [-0.2, -0.15) is 0 Å². The zero-order chi connectivity index (χ0) is 20.9. The van der Waals surface area contributed by atoms with Gasteiger partial charge in [0, 0.05) is 6.08 Å². The molecule has 1 saturated carbocycles. The van der Waals surface area contributed by atoms with Crippen molar-refractivity contribution >= 4 is 5.97 Å². The number of ether oxygens (including phenoxy) is 3. The van der Waals surface area contributed by atoms with Gasteiger partial charge < -0.3 is 14.2 Å². The number of hydrogen-bond acceptors (Lipinski definition) is 4. The van der Waals surface area contributed by atoms with Crippen molar-refractivity contribution in [2.45, 2.75) is 50.5 Å². The maximum Gasteiger partial charge on any atom is 0.330 e. The number of fused-ring (bicyclic) bond motifs is 3. The maximum absolute atomic E-state index is 11.2. The minimum atomic E-state index is -0.282. The van der Waals surface area contributed by atoms with Gasteiger partial charge in [0.05, 0.1) is 19.3 Å². The van der Waals surface area contributed by atoms with E-state index in [-0.39, 0.29) is 11.6 Å². The van der Waals surface area contributed by atoms with E-state index < -0.39 is 0 Å². The van der Waals surface area contributed by atoms with Gasteiger partial charge in [0.15, 0.2) is 0 Å². The summed E-state index contributed by atoms with van der Waals surface area (Å²) in [6.45, 7) is 0.817. The van der Waals surface area contributed by atoms with Gasteiger partial charge >= 0.3 is 5.97 Å². The van der Waals surface area contributed by atoms with E-state index in [2.05, 4.69) is 22.9 Å². The van der Waals surface area contributed by atoms with Crippen molar-refractivity contribution in [3.8, 4) is 11.5 Å². The molecule has 5 rings (SSSR count). The van der Waals surface area contributed by atoms with Crippen LogP contribution in [0.2, 0.25) is 0 Å². The number of esters is 1. The number of carbonyl (C=O) groups is 1. The SMILES string of the molecule is COC(=O)C=CCCCC12CCC(c3cccc(Oc4ccccc4)c3)(CC1)OC2. The quantitative estimate of drug-likeness (QED) is 0.299. The highest BCUT2D eigenvalue weighted by Gasteiger charge is 2.50. The van der Waals surface area contributed by atoms with Crippen LogP contribution in [0.25, 0.3) is 0 Å². The number of para-hydroxylation sites is 1. The molecule has 0 spiro atoms. The molecule has 2 heterocycles. The number of hydrogen-bond donors (Lipinski definition) is 0. The summed E-state index contributed by atoms with van der Waals surface area (Å²) in [5.41, 5.74) is 1.34. The lowest BCUT2D eigenvalue weighted by molar-refractivity contribution is -0.191. The first-order valence-electron chi connectivity index (χ1n) is 10.9. The number of rotatable bonds is 8. The minimum Gasteiger partial charge on any atom is -0.466 e. The molecule has 30 heavy (non-hydrogen) atoms. The van der Waals surface area contributed by atoms with Crippen LogP contribution in [0.4, 0.5) is 0 Å². The summed E-state index contributed by atoms with van der Waals surface area (Å²) in [5, 5.41) is 0. The molecule has 0 amide bonds. The zero-order valence-corrected chi connectivity index (χ0v) is 17.6. The fourth-order valence-corrected chi connectivity index (χ4v) is 4.77. The van der Waals surface area contributed by atoms with Crippen LogP contribution in [-0.4, -0.2) is 19.7 Å². The third kappa shape index (κ3) is 4.59. The van der Waals surface area contributed by atoms with Crippen LogP contribution >= 0.6 is 0 Å². The van der Waals surface area contributed by atoms with Crippen molar-refractivity contribution in [1.82, 2.24) is 0 Å². The first-order chi connectivity index (χ1) is 14.6. The lowest BCUT2D eigenvalue weighted by atomic mass is 9.62. The van der Waals surface area contributed by atoms with Crippen molar-refractivity contribution in [2.75, 3.05) is 13.7 Å². The normalized spacial score (nSPS) is 25.4. The molecule has 1 aliphatic carbocycles. The van der Waals surface area contributed by atoms with Crippen molar-refractivity contribution in [3.63, 3.8) is 0 Å². The van der Waals surface area contributed by atoms with Crippen molar-refractivity contribution in [2.24, 2.45) is 5.41 Å². The number of allylic oxidation sites excluding steroid dienone is 1. The fraction of sp³-hybridized carbons (Fsp3) is 0.423. The number of carbonyl (C=O) groups excluding carboxylic acids is 1. The van der Waals surface area contributed by atoms with Crippen molar-refractivity contribution < 1.29 is 19.0 Å². The second-order valence-corrected chi connectivity index (χ2v) is 8.54. The summed E-state index contributed by atoms with van der Waals surface area (Å²) in [4.78, 5) is 11.2. The third-order valence-electron chi connectivity index (χ3n) is 6.65. The lowest BCUT2D eigenvalue weighted by Crippen LogP contribution is -2.49. The summed E-state index contributed by atoms with van der Waals surface area (Å²) in [6.07, 6.45) is 11.0. The molecule has 2 bridgehead atoms. The van der Waals surface area contributed by atoms with Crippen LogP contribution in [0.15, 0.2) is 66.7 Å². The van der Waals surface area contributed by atoms with Gasteiger partial charge in [0.1, 0.15) is 11.5 Å². The van der Waals surface area contributed by atoms with Gasteiger partial charge in [-0.3, -0.25) is 0 Å². The molecule has 2 aromatic rings. The summed E-state index contributed by atoms with van der Waals surface area (Å²) >= 11 is 0. The fourth-order valence-electron chi connectivity index (χ4n) is 4.77. The van der Waals surface area contributed by atoms with Crippen LogP contribution in [0.1, 0.15) is 50.5 Å². The molecule has 0 N–H and O–H groups in total. The Labute approximate surface area is 178 Å². The van der Waals surface area contributed by atoms with Crippen LogP contribution in [0.5, 0.6) is 11.5 Å². The second kappa shape index (κ2) is 9.05. The van der Waals surface area contributed by atoms with Crippen LogP contribution < -0.4 is 4.74 Å². The first-order valence-corrected chi connectivity index (χ1v) is 10.9. The van der Waals surface area contributed by atoms with Gasteiger partial charge in [-0.25, -0.2) is 4.79 Å². The molecule has 4 heteroatoms. The Kier molecular flexibility index (Phi) is 6.24. The zero-order valence-electron chi connectivity index (χ0n) is 17.6. The van der Waals surface area contributed by atoms with E-state index >= 15 is 0 Å². The number of unbranched alkanes of at least 4 members (excludes halogenated alkanes) is 1. The second-order valence-electron chi connectivity index (χ2n) is 8.54. The highest BCUT2D eigenvalue weighted by molar-refractivity contribution is 5.81. The molecule has 4 nitrogen and oxygen atoms in total. The van der Waals surface area contributed by atoms with E-state index in [4.69, 9.17) is 9.47 Å². The Morgan fingerprint density at radius 1 is 1.03 bits per heavy atom.